The lowest BCUT2D eigenvalue weighted by Gasteiger charge is -2.33. The fourth-order valence-corrected chi connectivity index (χ4v) is 6.60. The summed E-state index contributed by atoms with van der Waals surface area (Å²) in [7, 11) is -1.72. The van der Waals surface area contributed by atoms with Gasteiger partial charge in [0.25, 0.3) is 11.8 Å². The molecule has 0 saturated carbocycles. The molecule has 0 radical (unpaired) electrons. The van der Waals surface area contributed by atoms with Gasteiger partial charge in [-0.05, 0) is 54.9 Å². The molecule has 274 valence electrons. The van der Waals surface area contributed by atoms with Crippen LogP contribution in [-0.4, -0.2) is 134 Å². The predicted molar refractivity (Wildman–Crippen MR) is 183 cm³/mol. The van der Waals surface area contributed by atoms with Gasteiger partial charge in [0.2, 0.25) is 10.0 Å². The van der Waals surface area contributed by atoms with Crippen molar-refractivity contribution < 1.29 is 47.2 Å². The first-order valence-corrected chi connectivity index (χ1v) is 18.2. The van der Waals surface area contributed by atoms with Crippen molar-refractivity contribution in [2.45, 2.75) is 36.5 Å². The van der Waals surface area contributed by atoms with Crippen molar-refractivity contribution in [1.82, 2.24) is 20.3 Å². The smallest absolute Gasteiger partial charge is 0.252 e. The molecule has 0 fully saturated rings. The molecular weight excluding hydrogens is 703 g/mol. The van der Waals surface area contributed by atoms with Crippen LogP contribution in [0.25, 0.3) is 0 Å². The summed E-state index contributed by atoms with van der Waals surface area (Å²) in [5, 5.41) is 25.6. The van der Waals surface area contributed by atoms with Crippen LogP contribution in [0.1, 0.15) is 29.5 Å². The number of hydrogen-bond acceptors (Lipinski definition) is 11. The van der Waals surface area contributed by atoms with Gasteiger partial charge in [0.15, 0.2) is 12.2 Å². The van der Waals surface area contributed by atoms with Gasteiger partial charge < -0.3 is 44.7 Å². The molecule has 3 atom stereocenters. The van der Waals surface area contributed by atoms with Gasteiger partial charge in [-0.1, -0.05) is 35.3 Å². The van der Waals surface area contributed by atoms with E-state index in [9.17, 15) is 28.2 Å². The highest BCUT2D eigenvalue weighted by Gasteiger charge is 2.30. The lowest BCUT2D eigenvalue weighted by atomic mass is 9.85. The highest BCUT2D eigenvalue weighted by atomic mass is 35.5. The van der Waals surface area contributed by atoms with Gasteiger partial charge in [-0.2, -0.15) is 0 Å². The number of nitrogens with zero attached hydrogens (tertiary/aromatic N) is 1. The number of benzene rings is 2. The van der Waals surface area contributed by atoms with E-state index in [0.29, 0.717) is 23.2 Å². The Morgan fingerprint density at radius 3 is 1.96 bits per heavy atom. The molecule has 1 aliphatic heterocycles. The normalized spacial score (nSPS) is 16.2. The second kappa shape index (κ2) is 21.1. The summed E-state index contributed by atoms with van der Waals surface area (Å²) in [6.45, 7) is 5.52. The maximum atomic E-state index is 12.8. The molecule has 3 unspecified atom stereocenters. The minimum Gasteiger partial charge on any atom is -0.380 e. The molecule has 0 aliphatic carbocycles. The van der Waals surface area contributed by atoms with E-state index in [1.807, 2.05) is 25.2 Å². The van der Waals surface area contributed by atoms with E-state index in [0.717, 1.165) is 23.2 Å². The van der Waals surface area contributed by atoms with E-state index in [4.69, 9.17) is 42.1 Å². The first-order valence-electron chi connectivity index (χ1n) is 15.9. The molecule has 1 heterocycles. The van der Waals surface area contributed by atoms with Gasteiger partial charge in [-0.15, -0.1) is 0 Å². The standard InChI is InChI=1S/C32H46Cl2N4O10S/c1-3-45-11-8-35-31(41)29(39)30(40)32(42)36-9-12-46-14-16-48-17-15-47-13-10-37-49(43,44)24-6-4-22(5-7-24)26-20-38(2)21-27-25(26)18-23(33)19-28(27)34/h4-7,18-19,26,29-30,37,39-40H,3,8-17,20-21H2,1-2H3,(H,35,41)(H,36,42). The van der Waals surface area contributed by atoms with E-state index >= 15 is 0 Å². The number of ether oxygens (including phenoxy) is 4. The largest absolute Gasteiger partial charge is 0.380 e. The summed E-state index contributed by atoms with van der Waals surface area (Å²) in [5.41, 5.74) is 3.04. The van der Waals surface area contributed by atoms with Crippen LogP contribution >= 0.6 is 23.2 Å². The number of halogens is 2. The highest BCUT2D eigenvalue weighted by Crippen LogP contribution is 2.38. The maximum Gasteiger partial charge on any atom is 0.252 e. The number of carbonyl (C=O) groups excluding carboxylic acids is 2. The average molecular weight is 750 g/mol. The van der Waals surface area contributed by atoms with Crippen molar-refractivity contribution in [3.8, 4) is 0 Å². The molecule has 3 rings (SSSR count). The van der Waals surface area contributed by atoms with Crippen molar-refractivity contribution in [3.63, 3.8) is 0 Å². The first-order chi connectivity index (χ1) is 23.4. The molecule has 0 aromatic heterocycles. The molecule has 0 bridgehead atoms. The Labute approximate surface area is 297 Å². The van der Waals surface area contributed by atoms with E-state index in [2.05, 4.69) is 20.3 Å². The van der Waals surface area contributed by atoms with Crippen LogP contribution < -0.4 is 15.4 Å². The molecule has 1 aliphatic rings. The molecule has 17 heteroatoms. The third-order valence-corrected chi connectivity index (χ3v) is 9.53. The van der Waals surface area contributed by atoms with Crippen LogP contribution in [0.2, 0.25) is 10.0 Å². The summed E-state index contributed by atoms with van der Waals surface area (Å²) in [6.07, 6.45) is -3.83. The molecule has 14 nitrogen and oxygen atoms in total. The number of amides is 2. The molecule has 2 aromatic rings. The topological polar surface area (TPSA) is 185 Å². The quantitative estimate of drug-likeness (QED) is 0.108. The third-order valence-electron chi connectivity index (χ3n) is 7.50. The van der Waals surface area contributed by atoms with Gasteiger partial charge in [0, 0.05) is 55.3 Å². The first kappa shape index (κ1) is 41.0. The van der Waals surface area contributed by atoms with Crippen molar-refractivity contribution in [3.05, 3.63) is 63.1 Å². The zero-order valence-electron chi connectivity index (χ0n) is 27.7. The number of rotatable bonds is 22. The van der Waals surface area contributed by atoms with Crippen LogP contribution in [0, 0.1) is 0 Å². The summed E-state index contributed by atoms with van der Waals surface area (Å²) in [4.78, 5) is 26.0. The average Bonchev–Trinajstić information content (AvgIpc) is 3.08. The second-order valence-electron chi connectivity index (χ2n) is 11.2. The van der Waals surface area contributed by atoms with E-state index in [1.165, 1.54) is 0 Å². The minimum absolute atomic E-state index is 0.00364. The van der Waals surface area contributed by atoms with Crippen LogP contribution in [-0.2, 0) is 45.1 Å². The fourth-order valence-electron chi connectivity index (χ4n) is 5.02. The lowest BCUT2D eigenvalue weighted by Crippen LogP contribution is -2.50. The second-order valence-corrected chi connectivity index (χ2v) is 13.8. The number of sulfonamides is 1. The van der Waals surface area contributed by atoms with Crippen molar-refractivity contribution >= 4 is 45.0 Å². The molecule has 49 heavy (non-hydrogen) atoms. The van der Waals surface area contributed by atoms with Crippen LogP contribution in [0.3, 0.4) is 0 Å². The molecule has 0 spiro atoms. The molecule has 5 N–H and O–H groups in total. The van der Waals surface area contributed by atoms with Crippen molar-refractivity contribution in [1.29, 1.82) is 0 Å². The van der Waals surface area contributed by atoms with Crippen LogP contribution in [0.4, 0.5) is 0 Å². The van der Waals surface area contributed by atoms with E-state index in [-0.39, 0.29) is 76.7 Å². The highest BCUT2D eigenvalue weighted by molar-refractivity contribution is 7.89. The Morgan fingerprint density at radius 1 is 0.857 bits per heavy atom. The minimum atomic E-state index is -3.73. The van der Waals surface area contributed by atoms with Crippen LogP contribution in [0.5, 0.6) is 0 Å². The molecular formula is C32H46Cl2N4O10S. The summed E-state index contributed by atoms with van der Waals surface area (Å²) in [6, 6.07) is 10.5. The van der Waals surface area contributed by atoms with Crippen molar-refractivity contribution in [2.75, 3.05) is 86.1 Å². The summed E-state index contributed by atoms with van der Waals surface area (Å²) in [5.74, 6) is -1.78. The maximum absolute atomic E-state index is 12.8. The number of aliphatic hydroxyl groups excluding tert-OH is 2. The van der Waals surface area contributed by atoms with Crippen LogP contribution in [0.15, 0.2) is 41.3 Å². The Balaban J connectivity index is 1.24. The number of carbonyl (C=O) groups is 2. The lowest BCUT2D eigenvalue weighted by molar-refractivity contribution is -0.146. The summed E-state index contributed by atoms with van der Waals surface area (Å²) >= 11 is 12.7. The van der Waals surface area contributed by atoms with E-state index in [1.54, 1.807) is 25.1 Å². The Hall–Kier alpha value is -2.41. The molecule has 2 aromatic carbocycles. The fraction of sp³-hybridized carbons (Fsp3) is 0.562. The SMILES string of the molecule is CCOCCNC(=O)C(O)C(O)C(=O)NCCOCCOCCOCCNS(=O)(=O)c1ccc(C2CN(C)Cc3c(Cl)cc(Cl)cc32)cc1. The zero-order valence-corrected chi connectivity index (χ0v) is 30.0. The third kappa shape index (κ3) is 13.3. The zero-order chi connectivity index (χ0) is 35.8. The van der Waals surface area contributed by atoms with Crippen molar-refractivity contribution in [2.24, 2.45) is 0 Å². The Kier molecular flexibility index (Phi) is 17.6. The number of hydrogen-bond donors (Lipinski definition) is 5. The van der Waals surface area contributed by atoms with E-state index < -0.39 is 34.0 Å². The Bertz CT molecular complexity index is 1450. The Morgan fingerprint density at radius 2 is 1.39 bits per heavy atom. The monoisotopic (exact) mass is 748 g/mol. The molecule has 0 saturated heterocycles. The number of fused-ring (bicyclic) bond motifs is 1. The summed E-state index contributed by atoms with van der Waals surface area (Å²) < 4.78 is 49.4. The van der Waals surface area contributed by atoms with Gasteiger partial charge in [0.1, 0.15) is 0 Å². The number of likely N-dealkylation sites (N-methyl/N-ethyl adjacent to an activating group) is 1. The van der Waals surface area contributed by atoms with Gasteiger partial charge in [-0.3, -0.25) is 9.59 Å². The number of aliphatic hydroxyl groups is 2. The molecule has 2 amide bonds. The van der Waals surface area contributed by atoms with Gasteiger partial charge in [0.05, 0.1) is 51.1 Å². The van der Waals surface area contributed by atoms with Gasteiger partial charge in [-0.25, -0.2) is 13.1 Å². The van der Waals surface area contributed by atoms with Gasteiger partial charge >= 0.3 is 0 Å². The number of nitrogens with one attached hydrogen (secondary N) is 3. The predicted octanol–water partition coefficient (Wildman–Crippen LogP) is 0.890.